The molecule has 2 saturated heterocycles. The maximum atomic E-state index is 10.6. The van der Waals surface area contributed by atoms with Crippen LogP contribution in [0.4, 0.5) is 0 Å². The second kappa shape index (κ2) is 13.8. The van der Waals surface area contributed by atoms with Crippen LogP contribution >= 0.6 is 0 Å². The summed E-state index contributed by atoms with van der Waals surface area (Å²) >= 11 is 0. The van der Waals surface area contributed by atoms with Crippen molar-refractivity contribution in [2.45, 2.75) is 56.8 Å². The zero-order chi connectivity index (χ0) is 32.1. The highest BCUT2D eigenvalue weighted by Gasteiger charge is 2.26. The van der Waals surface area contributed by atoms with Crippen LogP contribution in [0.25, 0.3) is 0 Å². The highest BCUT2D eigenvalue weighted by atomic mass is 16.6. The molecular formula is C39H44O7. The molecule has 2 aliphatic rings. The molecule has 0 aliphatic carbocycles. The Labute approximate surface area is 272 Å². The molecule has 0 saturated carbocycles. The molecular weight excluding hydrogens is 580 g/mol. The van der Waals surface area contributed by atoms with Gasteiger partial charge in [-0.2, -0.15) is 0 Å². The lowest BCUT2D eigenvalue weighted by Crippen LogP contribution is -2.25. The summed E-state index contributed by atoms with van der Waals surface area (Å²) in [6.45, 7) is 11.8. The van der Waals surface area contributed by atoms with Gasteiger partial charge < -0.3 is 33.5 Å². The van der Waals surface area contributed by atoms with Crippen LogP contribution in [0.2, 0.25) is 0 Å². The molecule has 0 aromatic heterocycles. The molecule has 6 rings (SSSR count). The van der Waals surface area contributed by atoms with E-state index >= 15 is 0 Å². The van der Waals surface area contributed by atoms with Gasteiger partial charge in [0.05, 0.1) is 13.2 Å². The number of hydrogen-bond acceptors (Lipinski definition) is 7. The predicted octanol–water partition coefficient (Wildman–Crippen LogP) is 6.71. The van der Waals surface area contributed by atoms with Crippen LogP contribution in [0.5, 0.6) is 23.0 Å². The molecule has 0 bridgehead atoms. The van der Waals surface area contributed by atoms with Crippen molar-refractivity contribution >= 4 is 0 Å². The van der Waals surface area contributed by atoms with E-state index in [1.807, 2.05) is 54.6 Å². The normalized spacial score (nSPS) is 18.0. The summed E-state index contributed by atoms with van der Waals surface area (Å²) in [5, 5.41) is 10.6. The number of aliphatic hydroxyl groups is 1. The minimum Gasteiger partial charge on any atom is -0.491 e. The minimum atomic E-state index is -0.784. The highest BCUT2D eigenvalue weighted by molar-refractivity contribution is 5.43. The Morgan fingerprint density at radius 1 is 0.565 bits per heavy atom. The van der Waals surface area contributed by atoms with E-state index in [2.05, 4.69) is 70.2 Å². The van der Waals surface area contributed by atoms with Crippen LogP contribution in [0, 0.1) is 0 Å². The molecule has 3 atom stereocenters. The summed E-state index contributed by atoms with van der Waals surface area (Å²) < 4.78 is 33.9. The largest absolute Gasteiger partial charge is 0.491 e. The molecule has 0 amide bonds. The SMILES string of the molecule is CC(C)(c1ccc(OCC(O)COc2cccc(C(C)(C)c3ccc(OCC4CO4)cc3)c2)cc1)c1ccc(OCC2CO2)cc1. The monoisotopic (exact) mass is 624 g/mol. The highest BCUT2D eigenvalue weighted by Crippen LogP contribution is 2.35. The van der Waals surface area contributed by atoms with Crippen molar-refractivity contribution in [2.24, 2.45) is 0 Å². The van der Waals surface area contributed by atoms with Gasteiger partial charge in [0.1, 0.15) is 67.7 Å². The Morgan fingerprint density at radius 2 is 0.957 bits per heavy atom. The van der Waals surface area contributed by atoms with Crippen molar-refractivity contribution in [3.8, 4) is 23.0 Å². The molecule has 0 radical (unpaired) electrons. The summed E-state index contributed by atoms with van der Waals surface area (Å²) in [6.07, 6.45) is -0.310. The summed E-state index contributed by atoms with van der Waals surface area (Å²) in [5.74, 6) is 3.10. The first-order valence-electron chi connectivity index (χ1n) is 16.0. The molecule has 4 aromatic carbocycles. The number of ether oxygens (including phenoxy) is 6. The maximum absolute atomic E-state index is 10.6. The number of hydrogen-bond donors (Lipinski definition) is 1. The Bertz CT molecular complexity index is 1550. The van der Waals surface area contributed by atoms with Crippen LogP contribution < -0.4 is 18.9 Å². The van der Waals surface area contributed by atoms with Crippen molar-refractivity contribution in [1.29, 1.82) is 0 Å². The smallest absolute Gasteiger partial charge is 0.122 e. The first-order valence-corrected chi connectivity index (χ1v) is 16.0. The van der Waals surface area contributed by atoms with Gasteiger partial charge in [0.2, 0.25) is 0 Å². The van der Waals surface area contributed by atoms with E-state index in [1.165, 1.54) is 16.7 Å². The minimum absolute atomic E-state index is 0.124. The molecule has 2 aliphatic heterocycles. The van der Waals surface area contributed by atoms with Gasteiger partial charge in [0, 0.05) is 10.8 Å². The number of rotatable bonds is 16. The van der Waals surface area contributed by atoms with Gasteiger partial charge >= 0.3 is 0 Å². The molecule has 2 fully saturated rings. The van der Waals surface area contributed by atoms with E-state index in [0.717, 1.165) is 30.3 Å². The van der Waals surface area contributed by atoms with Gasteiger partial charge in [-0.15, -0.1) is 0 Å². The zero-order valence-electron chi connectivity index (χ0n) is 27.1. The van der Waals surface area contributed by atoms with E-state index in [4.69, 9.17) is 28.4 Å². The van der Waals surface area contributed by atoms with Gasteiger partial charge in [-0.25, -0.2) is 0 Å². The fourth-order valence-electron chi connectivity index (χ4n) is 5.35. The number of benzene rings is 4. The van der Waals surface area contributed by atoms with E-state index < -0.39 is 6.10 Å². The zero-order valence-corrected chi connectivity index (χ0v) is 27.1. The summed E-state index contributed by atoms with van der Waals surface area (Å²) in [4.78, 5) is 0. The van der Waals surface area contributed by atoms with E-state index in [9.17, 15) is 5.11 Å². The number of aliphatic hydroxyl groups excluding tert-OH is 1. The Balaban J connectivity index is 0.977. The first kappa shape index (κ1) is 31.9. The average molecular weight is 625 g/mol. The second-order valence-electron chi connectivity index (χ2n) is 13.2. The third-order valence-corrected chi connectivity index (χ3v) is 8.85. The van der Waals surface area contributed by atoms with Crippen molar-refractivity contribution < 1.29 is 33.5 Å². The molecule has 7 nitrogen and oxygen atoms in total. The van der Waals surface area contributed by atoms with Gasteiger partial charge in [-0.1, -0.05) is 76.2 Å². The molecule has 2 heterocycles. The molecule has 4 aromatic rings. The Morgan fingerprint density at radius 3 is 1.39 bits per heavy atom. The van der Waals surface area contributed by atoms with Crippen LogP contribution in [-0.2, 0) is 20.3 Å². The molecule has 0 spiro atoms. The average Bonchev–Trinajstić information content (AvgIpc) is 4.01. The predicted molar refractivity (Wildman–Crippen MR) is 177 cm³/mol. The molecule has 1 N–H and O–H groups in total. The lowest BCUT2D eigenvalue weighted by molar-refractivity contribution is 0.0626. The summed E-state index contributed by atoms with van der Waals surface area (Å²) in [6, 6.07) is 32.5. The Kier molecular flexibility index (Phi) is 9.54. The molecule has 242 valence electrons. The van der Waals surface area contributed by atoms with Crippen molar-refractivity contribution in [3.05, 3.63) is 119 Å². The Hall–Kier alpha value is -4.04. The van der Waals surface area contributed by atoms with Crippen molar-refractivity contribution in [2.75, 3.05) is 39.6 Å². The van der Waals surface area contributed by atoms with Crippen LogP contribution in [0.1, 0.15) is 49.9 Å². The van der Waals surface area contributed by atoms with Crippen molar-refractivity contribution in [3.63, 3.8) is 0 Å². The molecule has 3 unspecified atom stereocenters. The second-order valence-corrected chi connectivity index (χ2v) is 13.2. The number of epoxide rings is 2. The quantitative estimate of drug-likeness (QED) is 0.139. The summed E-state index contributed by atoms with van der Waals surface area (Å²) in [5.41, 5.74) is 4.20. The topological polar surface area (TPSA) is 82.2 Å². The maximum Gasteiger partial charge on any atom is 0.122 e. The fraction of sp³-hybridized carbons (Fsp3) is 0.385. The van der Waals surface area contributed by atoms with Crippen LogP contribution in [-0.4, -0.2) is 63.1 Å². The first-order chi connectivity index (χ1) is 22.2. The third kappa shape index (κ3) is 8.21. The van der Waals surface area contributed by atoms with Gasteiger partial charge in [0.25, 0.3) is 0 Å². The van der Waals surface area contributed by atoms with Crippen molar-refractivity contribution in [1.82, 2.24) is 0 Å². The van der Waals surface area contributed by atoms with Gasteiger partial charge in [-0.3, -0.25) is 0 Å². The standard InChI is InChI=1S/C39H44O7/c1-38(2,28-10-16-33(17-11-28)43-23-36-25-45-36)27-8-14-32(15-9-27)41-21-31(40)22-42-35-7-5-6-30(20-35)39(3,4)29-12-18-34(19-13-29)44-24-37-26-46-37/h5-20,31,36-37,40H,21-26H2,1-4H3. The lowest BCUT2D eigenvalue weighted by Gasteiger charge is -2.27. The van der Waals surface area contributed by atoms with E-state index in [1.54, 1.807) is 0 Å². The van der Waals surface area contributed by atoms with Crippen LogP contribution in [0.15, 0.2) is 97.1 Å². The van der Waals surface area contributed by atoms with Crippen LogP contribution in [0.3, 0.4) is 0 Å². The third-order valence-electron chi connectivity index (χ3n) is 8.85. The summed E-state index contributed by atoms with van der Waals surface area (Å²) in [7, 11) is 0. The van der Waals surface area contributed by atoms with Gasteiger partial charge in [0.15, 0.2) is 0 Å². The molecule has 46 heavy (non-hydrogen) atoms. The van der Waals surface area contributed by atoms with E-state index in [-0.39, 0.29) is 36.3 Å². The van der Waals surface area contributed by atoms with E-state index in [0.29, 0.717) is 24.7 Å². The molecule has 7 heteroatoms. The van der Waals surface area contributed by atoms with Gasteiger partial charge in [-0.05, 0) is 70.8 Å². The lowest BCUT2D eigenvalue weighted by atomic mass is 9.78. The fourth-order valence-corrected chi connectivity index (χ4v) is 5.35.